The second kappa shape index (κ2) is 4.83. The summed E-state index contributed by atoms with van der Waals surface area (Å²) in [5, 5.41) is 0. The van der Waals surface area contributed by atoms with Crippen molar-refractivity contribution in [1.82, 2.24) is 4.98 Å². The molecule has 3 rings (SSSR count). The van der Waals surface area contributed by atoms with Crippen LogP contribution in [0.5, 0.6) is 0 Å². The smallest absolute Gasteiger partial charge is 0.196 e. The molecule has 2 nitrogen and oxygen atoms in total. The van der Waals surface area contributed by atoms with Gasteiger partial charge in [0.2, 0.25) is 0 Å². The average molecular weight is 268 g/mol. The van der Waals surface area contributed by atoms with E-state index in [9.17, 15) is 0 Å². The van der Waals surface area contributed by atoms with Gasteiger partial charge in [-0.05, 0) is 37.3 Å². The highest BCUT2D eigenvalue weighted by molar-refractivity contribution is 7.15. The molecule has 0 N–H and O–H groups in total. The van der Waals surface area contributed by atoms with Crippen molar-refractivity contribution in [1.29, 1.82) is 0 Å². The Balaban J connectivity index is 1.89. The van der Waals surface area contributed by atoms with Crippen LogP contribution in [0.3, 0.4) is 0 Å². The van der Waals surface area contributed by atoms with Gasteiger partial charge < -0.3 is 4.42 Å². The lowest BCUT2D eigenvalue weighted by Crippen LogP contribution is -1.96. The summed E-state index contributed by atoms with van der Waals surface area (Å²) in [6.07, 6.45) is 7.60. The quantitative estimate of drug-likeness (QED) is 0.784. The molecule has 0 saturated heterocycles. The molecule has 4 heteroatoms. The van der Waals surface area contributed by atoms with Crippen molar-refractivity contribution >= 4 is 22.9 Å². The van der Waals surface area contributed by atoms with E-state index in [1.165, 1.54) is 41.0 Å². The zero-order valence-corrected chi connectivity index (χ0v) is 11.1. The zero-order valence-electron chi connectivity index (χ0n) is 9.54. The van der Waals surface area contributed by atoms with Gasteiger partial charge in [-0.1, -0.05) is 0 Å². The number of rotatable bonds is 3. The summed E-state index contributed by atoms with van der Waals surface area (Å²) in [7, 11) is 0. The van der Waals surface area contributed by atoms with Crippen molar-refractivity contribution in [3.8, 4) is 10.6 Å². The Morgan fingerprint density at radius 3 is 3.06 bits per heavy atom. The molecule has 0 radical (unpaired) electrons. The minimum absolute atomic E-state index is 0.556. The highest BCUT2D eigenvalue weighted by Crippen LogP contribution is 2.35. The van der Waals surface area contributed by atoms with E-state index in [0.29, 0.717) is 12.3 Å². The predicted octanol–water partition coefficient (Wildman–Crippen LogP) is 4.06. The van der Waals surface area contributed by atoms with Crippen molar-refractivity contribution < 1.29 is 4.42 Å². The topological polar surface area (TPSA) is 26.0 Å². The van der Waals surface area contributed by atoms with E-state index < -0.39 is 0 Å². The molecule has 2 aromatic heterocycles. The third kappa shape index (κ3) is 2.26. The number of aryl methyl sites for hydroxylation is 3. The van der Waals surface area contributed by atoms with E-state index in [4.69, 9.17) is 16.0 Å². The average Bonchev–Trinajstić information content (AvgIpc) is 2.94. The molecule has 0 aliphatic heterocycles. The lowest BCUT2D eigenvalue weighted by atomic mass is 9.99. The molecule has 0 amide bonds. The first kappa shape index (κ1) is 11.3. The van der Waals surface area contributed by atoms with Gasteiger partial charge >= 0.3 is 0 Å². The molecule has 17 heavy (non-hydrogen) atoms. The molecule has 0 spiro atoms. The van der Waals surface area contributed by atoms with Crippen molar-refractivity contribution in [3.05, 3.63) is 28.6 Å². The minimum Gasteiger partial charge on any atom is -0.440 e. The number of hydrogen-bond acceptors (Lipinski definition) is 3. The Bertz CT molecular complexity index is 494. The Labute approximate surface area is 110 Å². The maximum absolute atomic E-state index is 5.70. The van der Waals surface area contributed by atoms with Crippen LogP contribution in [0.25, 0.3) is 10.6 Å². The first-order valence-corrected chi connectivity index (χ1v) is 7.34. The number of halogens is 1. The van der Waals surface area contributed by atoms with Crippen LogP contribution < -0.4 is 0 Å². The predicted molar refractivity (Wildman–Crippen MR) is 70.9 cm³/mol. The van der Waals surface area contributed by atoms with Crippen LogP contribution in [0, 0.1) is 0 Å². The summed E-state index contributed by atoms with van der Waals surface area (Å²) in [6, 6.07) is 2.27. The van der Waals surface area contributed by atoms with E-state index in [2.05, 4.69) is 11.1 Å². The van der Waals surface area contributed by atoms with Crippen molar-refractivity contribution in [3.63, 3.8) is 0 Å². The Morgan fingerprint density at radius 2 is 2.24 bits per heavy atom. The SMILES string of the molecule is ClCCc1ncc(-c2cc3c(s2)CCCC3)o1. The van der Waals surface area contributed by atoms with Crippen LogP contribution in [0.2, 0.25) is 0 Å². The summed E-state index contributed by atoms with van der Waals surface area (Å²) in [5.41, 5.74) is 1.51. The molecule has 90 valence electrons. The second-order valence-corrected chi connectivity index (χ2v) is 5.84. The molecule has 1 aliphatic carbocycles. The van der Waals surface area contributed by atoms with Crippen LogP contribution in [0.1, 0.15) is 29.2 Å². The highest BCUT2D eigenvalue weighted by Gasteiger charge is 2.16. The fourth-order valence-electron chi connectivity index (χ4n) is 2.23. The molecular formula is C13H14ClNOS. The van der Waals surface area contributed by atoms with Crippen LogP contribution in [0.4, 0.5) is 0 Å². The van der Waals surface area contributed by atoms with Crippen LogP contribution in [-0.4, -0.2) is 10.9 Å². The lowest BCUT2D eigenvalue weighted by molar-refractivity contribution is 0.515. The first-order chi connectivity index (χ1) is 8.36. The van der Waals surface area contributed by atoms with E-state index in [0.717, 1.165) is 11.7 Å². The van der Waals surface area contributed by atoms with Crippen molar-refractivity contribution in [2.45, 2.75) is 32.1 Å². The molecule has 0 atom stereocenters. The van der Waals surface area contributed by atoms with Crippen LogP contribution in [0.15, 0.2) is 16.7 Å². The Hall–Kier alpha value is -0.800. The number of hydrogen-bond donors (Lipinski definition) is 0. The van der Waals surface area contributed by atoms with Gasteiger partial charge in [0.1, 0.15) is 0 Å². The van der Waals surface area contributed by atoms with Crippen molar-refractivity contribution in [2.24, 2.45) is 0 Å². The number of aromatic nitrogens is 1. The maximum Gasteiger partial charge on any atom is 0.196 e. The summed E-state index contributed by atoms with van der Waals surface area (Å²) >= 11 is 7.53. The third-order valence-electron chi connectivity index (χ3n) is 3.10. The molecule has 2 aromatic rings. The monoisotopic (exact) mass is 267 g/mol. The van der Waals surface area contributed by atoms with E-state index >= 15 is 0 Å². The lowest BCUT2D eigenvalue weighted by Gasteiger charge is -2.08. The van der Waals surface area contributed by atoms with Gasteiger partial charge in [0, 0.05) is 17.2 Å². The molecule has 0 saturated carbocycles. The summed E-state index contributed by atoms with van der Waals surface area (Å²) in [5.74, 6) is 2.19. The Morgan fingerprint density at radius 1 is 1.35 bits per heavy atom. The third-order valence-corrected chi connectivity index (χ3v) is 4.54. The fraction of sp³-hybridized carbons (Fsp3) is 0.462. The summed E-state index contributed by atoms with van der Waals surface area (Å²) < 4.78 is 5.70. The van der Waals surface area contributed by atoms with Gasteiger partial charge in [0.05, 0.1) is 11.1 Å². The van der Waals surface area contributed by atoms with Gasteiger partial charge in [0.25, 0.3) is 0 Å². The molecule has 2 heterocycles. The van der Waals surface area contributed by atoms with Crippen LogP contribution in [-0.2, 0) is 19.3 Å². The molecule has 0 unspecified atom stereocenters. The molecule has 0 fully saturated rings. The van der Waals surface area contributed by atoms with Gasteiger partial charge in [-0.2, -0.15) is 0 Å². The van der Waals surface area contributed by atoms with E-state index in [-0.39, 0.29) is 0 Å². The maximum atomic E-state index is 5.70. The van der Waals surface area contributed by atoms with Gasteiger partial charge in [-0.3, -0.25) is 0 Å². The number of fused-ring (bicyclic) bond motifs is 1. The molecule has 0 bridgehead atoms. The summed E-state index contributed by atoms with van der Waals surface area (Å²) in [6.45, 7) is 0. The molecular weight excluding hydrogens is 254 g/mol. The first-order valence-electron chi connectivity index (χ1n) is 5.99. The standard InChI is InChI=1S/C13H14ClNOS/c14-6-5-13-15-8-10(16-13)12-7-9-3-1-2-4-11(9)17-12/h7-8H,1-6H2. The normalized spacial score (nSPS) is 14.9. The van der Waals surface area contributed by atoms with Gasteiger partial charge in [-0.25, -0.2) is 4.98 Å². The number of nitrogens with zero attached hydrogens (tertiary/aromatic N) is 1. The Kier molecular flexibility index (Phi) is 3.21. The number of thiophene rings is 1. The number of alkyl halides is 1. The molecule has 1 aliphatic rings. The number of oxazole rings is 1. The highest BCUT2D eigenvalue weighted by atomic mass is 35.5. The van der Waals surface area contributed by atoms with E-state index in [1.54, 1.807) is 0 Å². The largest absolute Gasteiger partial charge is 0.440 e. The van der Waals surface area contributed by atoms with Gasteiger partial charge in [0.15, 0.2) is 11.7 Å². The van der Waals surface area contributed by atoms with Gasteiger partial charge in [-0.15, -0.1) is 22.9 Å². The fourth-order valence-corrected chi connectivity index (χ4v) is 3.59. The zero-order chi connectivity index (χ0) is 11.7. The second-order valence-electron chi connectivity index (χ2n) is 4.32. The summed E-state index contributed by atoms with van der Waals surface area (Å²) in [4.78, 5) is 6.99. The minimum atomic E-state index is 0.556. The van der Waals surface area contributed by atoms with Crippen LogP contribution >= 0.6 is 22.9 Å². The van der Waals surface area contributed by atoms with Crippen molar-refractivity contribution in [2.75, 3.05) is 5.88 Å². The molecule has 0 aromatic carbocycles. The van der Waals surface area contributed by atoms with E-state index in [1.807, 2.05) is 17.5 Å².